The summed E-state index contributed by atoms with van der Waals surface area (Å²) in [5, 5.41) is 12.3. The van der Waals surface area contributed by atoms with Crippen LogP contribution < -0.4 is 21.1 Å². The van der Waals surface area contributed by atoms with E-state index in [1.165, 1.54) is 17.9 Å². The quantitative estimate of drug-likeness (QED) is 0.786. The molecule has 0 aliphatic carbocycles. The highest BCUT2D eigenvalue weighted by atomic mass is 35.5. The number of halogens is 1. The van der Waals surface area contributed by atoms with Crippen molar-refractivity contribution in [3.8, 4) is 6.07 Å². The third-order valence-electron chi connectivity index (χ3n) is 4.39. The minimum absolute atomic E-state index is 0.0337. The van der Waals surface area contributed by atoms with Crippen LogP contribution in [0.2, 0.25) is 5.02 Å². The molecular weight excluding hydrogens is 354 g/mol. The van der Waals surface area contributed by atoms with Gasteiger partial charge in [-0.3, -0.25) is 14.4 Å². The van der Waals surface area contributed by atoms with Crippen LogP contribution in [0.3, 0.4) is 0 Å². The summed E-state index contributed by atoms with van der Waals surface area (Å²) in [5.41, 5.74) is -0.529. The molecule has 136 valence electrons. The van der Waals surface area contributed by atoms with Gasteiger partial charge in [0.25, 0.3) is 10.9 Å². The molecule has 0 bridgehead atoms. The van der Waals surface area contributed by atoms with Crippen molar-refractivity contribution in [2.75, 3.05) is 10.2 Å². The van der Waals surface area contributed by atoms with Crippen LogP contribution in [0, 0.1) is 11.3 Å². The number of rotatable bonds is 6. The van der Waals surface area contributed by atoms with Gasteiger partial charge >= 0.3 is 0 Å². The number of hydrogen-bond acceptors (Lipinski definition) is 5. The zero-order valence-corrected chi connectivity index (χ0v) is 15.9. The zero-order valence-electron chi connectivity index (χ0n) is 15.1. The molecule has 6 nitrogen and oxygen atoms in total. The lowest BCUT2D eigenvalue weighted by Gasteiger charge is -2.31. The summed E-state index contributed by atoms with van der Waals surface area (Å²) in [6.45, 7) is 7.12. The fourth-order valence-corrected chi connectivity index (χ4v) is 2.68. The van der Waals surface area contributed by atoms with Crippen molar-refractivity contribution in [1.82, 2.24) is 0 Å². The van der Waals surface area contributed by atoms with Crippen molar-refractivity contribution in [3.63, 3.8) is 0 Å². The Bertz CT molecular complexity index is 966. The van der Waals surface area contributed by atoms with Gasteiger partial charge in [0.1, 0.15) is 11.4 Å². The minimum Gasteiger partial charge on any atom is -0.375 e. The second-order valence-corrected chi connectivity index (χ2v) is 7.17. The summed E-state index contributed by atoms with van der Waals surface area (Å²) in [4.78, 5) is 37.6. The molecule has 0 aliphatic rings. The number of nitrogens with one attached hydrogen (secondary N) is 1. The lowest BCUT2D eigenvalue weighted by atomic mass is 9.99. The number of carbonyl (C=O) groups is 1. The normalized spacial score (nSPS) is 11.2. The summed E-state index contributed by atoms with van der Waals surface area (Å²) in [6.07, 6.45) is 0.729. The first-order chi connectivity index (χ1) is 12.1. The van der Waals surface area contributed by atoms with Crippen molar-refractivity contribution >= 4 is 28.9 Å². The van der Waals surface area contributed by atoms with E-state index in [1.54, 1.807) is 12.1 Å². The van der Waals surface area contributed by atoms with E-state index in [2.05, 4.69) is 5.32 Å². The lowest BCUT2D eigenvalue weighted by Crippen LogP contribution is -2.47. The van der Waals surface area contributed by atoms with E-state index in [4.69, 9.17) is 16.9 Å². The van der Waals surface area contributed by atoms with E-state index in [1.807, 2.05) is 26.8 Å². The predicted octanol–water partition coefficient (Wildman–Crippen LogP) is 2.96. The van der Waals surface area contributed by atoms with E-state index in [-0.39, 0.29) is 23.8 Å². The average molecular weight is 374 g/mol. The number of carbonyl (C=O) groups excluding carboxylic acids is 1. The van der Waals surface area contributed by atoms with Crippen LogP contribution in [-0.2, 0) is 11.3 Å². The highest BCUT2D eigenvalue weighted by molar-refractivity contribution is 6.31. The van der Waals surface area contributed by atoms with Crippen LogP contribution >= 0.6 is 11.6 Å². The van der Waals surface area contributed by atoms with Gasteiger partial charge in [-0.15, -0.1) is 0 Å². The maximum Gasteiger partial charge on any atom is 0.253 e. The van der Waals surface area contributed by atoms with Gasteiger partial charge in [0.05, 0.1) is 18.2 Å². The predicted molar refractivity (Wildman–Crippen MR) is 102 cm³/mol. The molecule has 0 aromatic heterocycles. The maximum atomic E-state index is 12.2. The lowest BCUT2D eigenvalue weighted by molar-refractivity contribution is -0.116. The highest BCUT2D eigenvalue weighted by Gasteiger charge is 2.31. The van der Waals surface area contributed by atoms with Gasteiger partial charge in [0.2, 0.25) is 5.91 Å². The van der Waals surface area contributed by atoms with Crippen LogP contribution in [-0.4, -0.2) is 11.4 Å². The van der Waals surface area contributed by atoms with E-state index in [0.717, 1.165) is 6.42 Å². The van der Waals surface area contributed by atoms with E-state index in [0.29, 0.717) is 16.1 Å². The summed E-state index contributed by atoms with van der Waals surface area (Å²) >= 11 is 6.18. The molecule has 0 atom stereocenters. The minimum atomic E-state index is -0.695. The molecule has 0 heterocycles. The van der Waals surface area contributed by atoms with Crippen molar-refractivity contribution in [3.05, 3.63) is 54.8 Å². The molecule has 0 saturated heterocycles. The summed E-state index contributed by atoms with van der Waals surface area (Å²) < 4.78 is 0. The second kappa shape index (κ2) is 7.30. The van der Waals surface area contributed by atoms with Crippen LogP contribution in [0.1, 0.15) is 45.2 Å². The molecule has 0 radical (unpaired) electrons. The SMILES string of the molecule is CCC(C)(C)Nc1c(N(Cc2ccc(C#N)cc2Cl)C(C)=O)c(=O)c1=O. The highest BCUT2D eigenvalue weighted by Crippen LogP contribution is 2.28. The Labute approximate surface area is 156 Å². The van der Waals surface area contributed by atoms with E-state index in [9.17, 15) is 14.4 Å². The first kappa shape index (κ1) is 19.7. The van der Waals surface area contributed by atoms with Crippen LogP contribution in [0.25, 0.3) is 0 Å². The summed E-state index contributed by atoms with van der Waals surface area (Å²) in [5.74, 6) is -0.380. The molecule has 0 spiro atoms. The largest absolute Gasteiger partial charge is 0.375 e. The van der Waals surface area contributed by atoms with Crippen LogP contribution in [0.5, 0.6) is 0 Å². The molecule has 26 heavy (non-hydrogen) atoms. The average Bonchev–Trinajstić information content (AvgIpc) is 2.60. The number of nitrogens with zero attached hydrogens (tertiary/aromatic N) is 2. The maximum absolute atomic E-state index is 12.2. The Balaban J connectivity index is 2.43. The number of amides is 1. The monoisotopic (exact) mass is 373 g/mol. The zero-order chi connectivity index (χ0) is 19.6. The number of anilines is 2. The second-order valence-electron chi connectivity index (χ2n) is 6.77. The molecule has 0 unspecified atom stereocenters. The first-order valence-corrected chi connectivity index (χ1v) is 8.57. The van der Waals surface area contributed by atoms with Gasteiger partial charge in [-0.2, -0.15) is 5.26 Å². The van der Waals surface area contributed by atoms with Crippen molar-refractivity contribution in [2.45, 2.75) is 46.2 Å². The Morgan fingerprint density at radius 2 is 1.96 bits per heavy atom. The van der Waals surface area contributed by atoms with E-state index >= 15 is 0 Å². The smallest absolute Gasteiger partial charge is 0.253 e. The fourth-order valence-electron chi connectivity index (χ4n) is 2.44. The van der Waals surface area contributed by atoms with Gasteiger partial charge in [-0.1, -0.05) is 24.6 Å². The molecule has 1 N–H and O–H groups in total. The molecular formula is C19H20ClN3O3. The molecule has 1 amide bonds. The third kappa shape index (κ3) is 3.78. The molecule has 0 aliphatic heterocycles. The number of hydrogen-bond donors (Lipinski definition) is 1. The third-order valence-corrected chi connectivity index (χ3v) is 4.74. The molecule has 2 aromatic carbocycles. The first-order valence-electron chi connectivity index (χ1n) is 8.19. The van der Waals surface area contributed by atoms with Gasteiger partial charge in [0.15, 0.2) is 0 Å². The van der Waals surface area contributed by atoms with Gasteiger partial charge < -0.3 is 10.2 Å². The van der Waals surface area contributed by atoms with Crippen LogP contribution in [0.4, 0.5) is 11.4 Å². The van der Waals surface area contributed by atoms with Gasteiger partial charge in [0, 0.05) is 17.5 Å². The van der Waals surface area contributed by atoms with Crippen molar-refractivity contribution in [1.29, 1.82) is 5.26 Å². The summed E-state index contributed by atoms with van der Waals surface area (Å²) in [7, 11) is 0. The number of nitriles is 1. The molecule has 0 saturated carbocycles. The Hall–Kier alpha value is -2.65. The summed E-state index contributed by atoms with van der Waals surface area (Å²) in [6, 6.07) is 6.70. The van der Waals surface area contributed by atoms with Crippen molar-refractivity contribution in [2.24, 2.45) is 0 Å². The van der Waals surface area contributed by atoms with Gasteiger partial charge in [-0.05, 0) is 38.0 Å². The topological polar surface area (TPSA) is 90.3 Å². The Kier molecular flexibility index (Phi) is 5.53. The molecule has 2 rings (SSSR count). The van der Waals surface area contributed by atoms with E-state index < -0.39 is 16.4 Å². The molecule has 0 fully saturated rings. The van der Waals surface area contributed by atoms with Crippen molar-refractivity contribution < 1.29 is 4.79 Å². The molecule has 2 aromatic rings. The fraction of sp³-hybridized carbons (Fsp3) is 0.368. The Morgan fingerprint density at radius 3 is 2.46 bits per heavy atom. The molecule has 7 heteroatoms. The Morgan fingerprint density at radius 1 is 1.31 bits per heavy atom. The van der Waals surface area contributed by atoms with Crippen LogP contribution in [0.15, 0.2) is 27.8 Å². The van der Waals surface area contributed by atoms with Gasteiger partial charge in [-0.25, -0.2) is 0 Å². The standard InChI is InChI=1S/C19H20ClN3O3/c1-5-19(3,4)22-15-16(18(26)17(15)25)23(11(2)24)10-13-7-6-12(9-21)8-14(13)20/h6-8,22H,5,10H2,1-4H3. The number of benzene rings is 1.